The molecule has 0 aliphatic heterocycles. The van der Waals surface area contributed by atoms with Crippen LogP contribution in [0.1, 0.15) is 31.4 Å². The standard InChI is InChI=1S/C25H25N3O2S2/c1-4-16-8-12-18(13-9-16)26-22(29)20(5-2)32-25-27-23(30)21-19(14-31-24(21)28-25)17-10-6-15(3)7-11-17/h6-14,20H,4-5H2,1-3H3,(H,26,29)(H,27,28,30). The molecule has 1 unspecified atom stereocenters. The number of aryl methyl sites for hydroxylation is 2. The Kier molecular flexibility index (Phi) is 6.77. The number of nitrogens with one attached hydrogen (secondary N) is 2. The lowest BCUT2D eigenvalue weighted by Crippen LogP contribution is -2.25. The number of thiophene rings is 1. The van der Waals surface area contributed by atoms with Gasteiger partial charge in [-0.25, -0.2) is 4.98 Å². The molecule has 4 aromatic rings. The number of aromatic nitrogens is 2. The lowest BCUT2D eigenvalue weighted by molar-refractivity contribution is -0.115. The first-order valence-electron chi connectivity index (χ1n) is 10.6. The maximum absolute atomic E-state index is 12.9. The minimum atomic E-state index is -0.363. The van der Waals surface area contributed by atoms with Crippen LogP contribution in [-0.4, -0.2) is 21.1 Å². The number of carbonyl (C=O) groups excluding carboxylic acids is 1. The molecule has 7 heteroatoms. The van der Waals surface area contributed by atoms with Crippen molar-refractivity contribution in [1.82, 2.24) is 9.97 Å². The number of fused-ring (bicyclic) bond motifs is 1. The molecule has 2 heterocycles. The third kappa shape index (κ3) is 4.79. The van der Waals surface area contributed by atoms with E-state index < -0.39 is 0 Å². The van der Waals surface area contributed by atoms with Crippen LogP contribution in [0.15, 0.2) is 63.9 Å². The summed E-state index contributed by atoms with van der Waals surface area (Å²) < 4.78 is 0. The average molecular weight is 464 g/mol. The first kappa shape index (κ1) is 22.3. The predicted molar refractivity (Wildman–Crippen MR) is 135 cm³/mol. The summed E-state index contributed by atoms with van der Waals surface area (Å²) in [6, 6.07) is 16.0. The quantitative estimate of drug-likeness (QED) is 0.259. The fraction of sp³-hybridized carbons (Fsp3) is 0.240. The Morgan fingerprint density at radius 1 is 1.12 bits per heavy atom. The van der Waals surface area contributed by atoms with Crippen LogP contribution >= 0.6 is 23.1 Å². The molecule has 4 rings (SSSR count). The Bertz CT molecular complexity index is 1290. The second kappa shape index (κ2) is 9.71. The van der Waals surface area contributed by atoms with Crippen molar-refractivity contribution >= 4 is 44.9 Å². The number of H-pyrrole nitrogens is 1. The second-order valence-electron chi connectivity index (χ2n) is 7.62. The van der Waals surface area contributed by atoms with Gasteiger partial charge in [0.2, 0.25) is 5.91 Å². The lowest BCUT2D eigenvalue weighted by atomic mass is 10.1. The summed E-state index contributed by atoms with van der Waals surface area (Å²) in [7, 11) is 0. The van der Waals surface area contributed by atoms with Crippen LogP contribution in [0.5, 0.6) is 0 Å². The van der Waals surface area contributed by atoms with E-state index in [0.717, 1.165) is 23.2 Å². The summed E-state index contributed by atoms with van der Waals surface area (Å²) in [5.41, 5.74) is 4.86. The number of aromatic amines is 1. The summed E-state index contributed by atoms with van der Waals surface area (Å²) in [5, 5.41) is 5.63. The molecule has 0 radical (unpaired) electrons. The van der Waals surface area contributed by atoms with Crippen molar-refractivity contribution in [2.75, 3.05) is 5.32 Å². The van der Waals surface area contributed by atoms with E-state index in [0.29, 0.717) is 21.8 Å². The van der Waals surface area contributed by atoms with Crippen LogP contribution in [-0.2, 0) is 11.2 Å². The Morgan fingerprint density at radius 3 is 2.50 bits per heavy atom. The van der Waals surface area contributed by atoms with Crippen LogP contribution in [0, 0.1) is 6.92 Å². The third-order valence-corrected chi connectivity index (χ3v) is 7.45. The van der Waals surface area contributed by atoms with Gasteiger partial charge in [0, 0.05) is 16.6 Å². The minimum Gasteiger partial charge on any atom is -0.325 e. The number of rotatable bonds is 7. The van der Waals surface area contributed by atoms with Gasteiger partial charge >= 0.3 is 0 Å². The Labute approximate surface area is 195 Å². The Hall–Kier alpha value is -2.90. The van der Waals surface area contributed by atoms with Gasteiger partial charge < -0.3 is 10.3 Å². The van der Waals surface area contributed by atoms with Crippen molar-refractivity contribution < 1.29 is 4.79 Å². The van der Waals surface area contributed by atoms with Crippen LogP contribution in [0.25, 0.3) is 21.3 Å². The minimum absolute atomic E-state index is 0.101. The number of benzene rings is 2. The lowest BCUT2D eigenvalue weighted by Gasteiger charge is -2.14. The van der Waals surface area contributed by atoms with E-state index in [9.17, 15) is 9.59 Å². The molecule has 32 heavy (non-hydrogen) atoms. The highest BCUT2D eigenvalue weighted by atomic mass is 32.2. The molecule has 0 saturated carbocycles. The molecule has 0 aliphatic carbocycles. The molecule has 0 aliphatic rings. The largest absolute Gasteiger partial charge is 0.325 e. The number of amides is 1. The summed E-state index contributed by atoms with van der Waals surface area (Å²) in [5.74, 6) is -0.101. The molecule has 1 atom stereocenters. The topological polar surface area (TPSA) is 74.8 Å². The molecule has 2 aromatic heterocycles. The Balaban J connectivity index is 1.55. The third-order valence-electron chi connectivity index (χ3n) is 5.33. The highest BCUT2D eigenvalue weighted by Gasteiger charge is 2.21. The average Bonchev–Trinajstić information content (AvgIpc) is 3.23. The number of hydrogen-bond acceptors (Lipinski definition) is 5. The molecule has 1 amide bonds. The number of nitrogens with zero attached hydrogens (tertiary/aromatic N) is 1. The normalized spacial score (nSPS) is 12.1. The van der Waals surface area contributed by atoms with Crippen molar-refractivity contribution in [3.8, 4) is 11.1 Å². The molecule has 0 spiro atoms. The van der Waals surface area contributed by atoms with E-state index in [4.69, 9.17) is 0 Å². The van der Waals surface area contributed by atoms with Crippen molar-refractivity contribution in [3.05, 3.63) is 75.4 Å². The molecular weight excluding hydrogens is 438 g/mol. The summed E-state index contributed by atoms with van der Waals surface area (Å²) >= 11 is 2.73. The zero-order valence-electron chi connectivity index (χ0n) is 18.3. The monoisotopic (exact) mass is 463 g/mol. The van der Waals surface area contributed by atoms with Gasteiger partial charge in [-0.05, 0) is 43.0 Å². The highest BCUT2D eigenvalue weighted by molar-refractivity contribution is 8.00. The summed E-state index contributed by atoms with van der Waals surface area (Å²) in [4.78, 5) is 33.9. The molecule has 5 nitrogen and oxygen atoms in total. The molecule has 0 fully saturated rings. The maximum Gasteiger partial charge on any atom is 0.260 e. The SMILES string of the molecule is CCc1ccc(NC(=O)C(CC)Sc2nc3scc(-c4ccc(C)cc4)c3c(=O)[nH]2)cc1. The summed E-state index contributed by atoms with van der Waals surface area (Å²) in [6.07, 6.45) is 1.57. The Morgan fingerprint density at radius 2 is 1.84 bits per heavy atom. The van der Waals surface area contributed by atoms with Crippen LogP contribution in [0.2, 0.25) is 0 Å². The van der Waals surface area contributed by atoms with Gasteiger partial charge in [-0.15, -0.1) is 11.3 Å². The van der Waals surface area contributed by atoms with E-state index in [2.05, 4.69) is 22.2 Å². The van der Waals surface area contributed by atoms with Gasteiger partial charge in [0.1, 0.15) is 4.83 Å². The first-order chi connectivity index (χ1) is 15.5. The smallest absolute Gasteiger partial charge is 0.260 e. The summed E-state index contributed by atoms with van der Waals surface area (Å²) in [6.45, 7) is 6.09. The van der Waals surface area contributed by atoms with E-state index in [1.165, 1.54) is 34.2 Å². The predicted octanol–water partition coefficient (Wildman–Crippen LogP) is 6.03. The number of thioether (sulfide) groups is 1. The van der Waals surface area contributed by atoms with Crippen LogP contribution < -0.4 is 10.9 Å². The van der Waals surface area contributed by atoms with E-state index in [1.54, 1.807) is 0 Å². The molecule has 0 saturated heterocycles. The highest BCUT2D eigenvalue weighted by Crippen LogP contribution is 2.32. The molecule has 2 aromatic carbocycles. The zero-order chi connectivity index (χ0) is 22.7. The van der Waals surface area contributed by atoms with E-state index >= 15 is 0 Å². The van der Waals surface area contributed by atoms with E-state index in [1.807, 2.05) is 67.8 Å². The molecule has 2 N–H and O–H groups in total. The van der Waals surface area contributed by atoms with Crippen LogP contribution in [0.4, 0.5) is 5.69 Å². The van der Waals surface area contributed by atoms with E-state index in [-0.39, 0.29) is 16.7 Å². The maximum atomic E-state index is 12.9. The number of carbonyl (C=O) groups is 1. The van der Waals surface area contributed by atoms with Crippen LogP contribution in [0.3, 0.4) is 0 Å². The number of anilines is 1. The zero-order valence-corrected chi connectivity index (χ0v) is 19.9. The van der Waals surface area contributed by atoms with Gasteiger partial charge in [0.25, 0.3) is 5.56 Å². The van der Waals surface area contributed by atoms with Gasteiger partial charge in [0.15, 0.2) is 5.16 Å². The van der Waals surface area contributed by atoms with Gasteiger partial charge in [-0.2, -0.15) is 0 Å². The molecule has 164 valence electrons. The van der Waals surface area contributed by atoms with Crippen molar-refractivity contribution in [2.45, 2.75) is 44.0 Å². The molecule has 0 bridgehead atoms. The fourth-order valence-corrected chi connectivity index (χ4v) is 5.34. The van der Waals surface area contributed by atoms with Gasteiger partial charge in [-0.3, -0.25) is 9.59 Å². The molecular formula is C25H25N3O2S2. The van der Waals surface area contributed by atoms with Crippen molar-refractivity contribution in [1.29, 1.82) is 0 Å². The second-order valence-corrected chi connectivity index (χ2v) is 9.67. The number of hydrogen-bond donors (Lipinski definition) is 2. The van der Waals surface area contributed by atoms with Crippen molar-refractivity contribution in [2.24, 2.45) is 0 Å². The fourth-order valence-electron chi connectivity index (χ4n) is 3.43. The first-order valence-corrected chi connectivity index (χ1v) is 12.4. The van der Waals surface area contributed by atoms with Gasteiger partial charge in [-0.1, -0.05) is 67.6 Å². The van der Waals surface area contributed by atoms with Gasteiger partial charge in [0.05, 0.1) is 10.6 Å². The van der Waals surface area contributed by atoms with Crippen molar-refractivity contribution in [3.63, 3.8) is 0 Å².